The summed E-state index contributed by atoms with van der Waals surface area (Å²) in [6.07, 6.45) is 1.26. The van der Waals surface area contributed by atoms with E-state index in [1.54, 1.807) is 6.07 Å². The second-order valence-electron chi connectivity index (χ2n) is 6.14. The lowest BCUT2D eigenvalue weighted by molar-refractivity contribution is -0.119. The average molecular weight is 327 g/mol. The van der Waals surface area contributed by atoms with E-state index in [1.807, 2.05) is 45.9 Å². The molecule has 0 aliphatic heterocycles. The number of benzene rings is 1. The zero-order valence-corrected chi connectivity index (χ0v) is 14.7. The van der Waals surface area contributed by atoms with E-state index in [0.717, 1.165) is 5.56 Å². The molecule has 4 heteroatoms. The molecule has 116 valence electrons. The Hall–Kier alpha value is -0.800. The Balaban J connectivity index is 2.87. The van der Waals surface area contributed by atoms with Gasteiger partial charge < -0.3 is 0 Å². The van der Waals surface area contributed by atoms with E-state index in [2.05, 4.69) is 0 Å². The highest BCUT2D eigenvalue weighted by Gasteiger charge is 2.23. The van der Waals surface area contributed by atoms with E-state index in [-0.39, 0.29) is 21.6 Å². The van der Waals surface area contributed by atoms with Gasteiger partial charge in [-0.15, -0.1) is 0 Å². The lowest BCUT2D eigenvalue weighted by Crippen LogP contribution is -2.15. The number of Topliss-reactive ketones (excluding diaryl/α,β-unsaturated/α-hetero) is 1. The van der Waals surface area contributed by atoms with Crippen molar-refractivity contribution in [2.24, 2.45) is 0 Å². The first-order chi connectivity index (χ1) is 9.71. The summed E-state index contributed by atoms with van der Waals surface area (Å²) in [5, 5.41) is 0.758. The second-order valence-corrected chi connectivity index (χ2v) is 8.46. The van der Waals surface area contributed by atoms with Crippen molar-refractivity contribution < 1.29 is 9.59 Å². The number of carbonyl (C=O) groups is 2. The van der Waals surface area contributed by atoms with Crippen LogP contribution in [0.15, 0.2) is 24.3 Å². The van der Waals surface area contributed by atoms with Gasteiger partial charge in [-0.1, -0.05) is 63.2 Å². The summed E-state index contributed by atoms with van der Waals surface area (Å²) in [6.45, 7) is 7.90. The topological polar surface area (TPSA) is 34.1 Å². The molecule has 1 aromatic rings. The predicted octanol–water partition coefficient (Wildman–Crippen LogP) is 5.24. The Morgan fingerprint density at radius 3 is 2.43 bits per heavy atom. The Morgan fingerprint density at radius 2 is 1.90 bits per heavy atom. The third kappa shape index (κ3) is 7.14. The molecule has 0 aliphatic carbocycles. The maximum atomic E-state index is 12.2. The Morgan fingerprint density at radius 1 is 1.24 bits per heavy atom. The predicted molar refractivity (Wildman–Crippen MR) is 91.1 cm³/mol. The molecular formula is C17H23ClO2S. The number of hydrogen-bond donors (Lipinski definition) is 0. The van der Waals surface area contributed by atoms with Crippen LogP contribution < -0.4 is 0 Å². The summed E-state index contributed by atoms with van der Waals surface area (Å²) in [5.74, 6) is 0.0898. The van der Waals surface area contributed by atoms with Gasteiger partial charge in [-0.05, 0) is 23.6 Å². The molecule has 21 heavy (non-hydrogen) atoms. The van der Waals surface area contributed by atoms with E-state index in [0.29, 0.717) is 24.3 Å². The van der Waals surface area contributed by atoms with Gasteiger partial charge in [0, 0.05) is 29.0 Å². The van der Waals surface area contributed by atoms with E-state index in [9.17, 15) is 9.59 Å². The fraction of sp³-hybridized carbons (Fsp3) is 0.529. The van der Waals surface area contributed by atoms with Gasteiger partial charge in [-0.25, -0.2) is 0 Å². The van der Waals surface area contributed by atoms with Crippen LogP contribution in [0.1, 0.15) is 58.4 Å². The summed E-state index contributed by atoms with van der Waals surface area (Å²) in [6, 6.07) is 7.46. The monoisotopic (exact) mass is 326 g/mol. The quantitative estimate of drug-likeness (QED) is 0.716. The lowest BCUT2D eigenvalue weighted by Gasteiger charge is -2.20. The minimum Gasteiger partial charge on any atom is -0.300 e. The molecule has 0 radical (unpaired) electrons. The van der Waals surface area contributed by atoms with Crippen LogP contribution in [-0.4, -0.2) is 15.6 Å². The van der Waals surface area contributed by atoms with Gasteiger partial charge in [-0.2, -0.15) is 0 Å². The Kier molecular flexibility index (Phi) is 6.95. The molecule has 1 aromatic carbocycles. The van der Waals surface area contributed by atoms with Crippen LogP contribution in [0.5, 0.6) is 0 Å². The summed E-state index contributed by atoms with van der Waals surface area (Å²) < 4.78 is -0.106. The third-order valence-corrected chi connectivity index (χ3v) is 4.26. The standard InChI is InChI=1S/C17H23ClO2S/c1-5-15(19)10-13(11-16(20)21-17(2,3)4)12-7-6-8-14(18)9-12/h6-9,13H,5,10-11H2,1-4H3/t13-/m0/s1. The summed E-state index contributed by atoms with van der Waals surface area (Å²) in [7, 11) is 0. The molecule has 0 aromatic heterocycles. The minimum absolute atomic E-state index is 0.0847. The number of halogens is 1. The van der Waals surface area contributed by atoms with Crippen molar-refractivity contribution in [2.45, 2.75) is 57.6 Å². The highest BCUT2D eigenvalue weighted by atomic mass is 35.5. The molecule has 0 saturated carbocycles. The zero-order chi connectivity index (χ0) is 16.0. The molecule has 0 N–H and O–H groups in total. The van der Waals surface area contributed by atoms with Gasteiger partial charge in [0.15, 0.2) is 5.12 Å². The van der Waals surface area contributed by atoms with E-state index in [4.69, 9.17) is 11.6 Å². The largest absolute Gasteiger partial charge is 0.300 e. The molecule has 0 unspecified atom stereocenters. The number of carbonyl (C=O) groups excluding carboxylic acids is 2. The highest BCUT2D eigenvalue weighted by Crippen LogP contribution is 2.32. The van der Waals surface area contributed by atoms with Crippen molar-refractivity contribution in [1.82, 2.24) is 0 Å². The molecular weight excluding hydrogens is 304 g/mol. The second kappa shape index (κ2) is 8.00. The maximum Gasteiger partial charge on any atom is 0.190 e. The SMILES string of the molecule is CCC(=O)C[C@@H](CC(=O)SC(C)(C)C)c1cccc(Cl)c1. The van der Waals surface area contributed by atoms with E-state index < -0.39 is 0 Å². The maximum absolute atomic E-state index is 12.2. The molecule has 0 aliphatic rings. The number of ketones is 1. The first-order valence-corrected chi connectivity index (χ1v) is 8.39. The Labute approximate surface area is 136 Å². The fourth-order valence-electron chi connectivity index (χ4n) is 2.07. The van der Waals surface area contributed by atoms with E-state index >= 15 is 0 Å². The number of thioether (sulfide) groups is 1. The first kappa shape index (κ1) is 18.2. The van der Waals surface area contributed by atoms with Crippen molar-refractivity contribution in [2.75, 3.05) is 0 Å². The zero-order valence-electron chi connectivity index (χ0n) is 13.1. The average Bonchev–Trinajstić information content (AvgIpc) is 2.35. The molecule has 0 spiro atoms. The van der Waals surface area contributed by atoms with Gasteiger partial charge in [0.05, 0.1) is 0 Å². The smallest absolute Gasteiger partial charge is 0.190 e. The lowest BCUT2D eigenvalue weighted by atomic mass is 9.90. The van der Waals surface area contributed by atoms with Crippen molar-refractivity contribution >= 4 is 34.3 Å². The van der Waals surface area contributed by atoms with Crippen LogP contribution >= 0.6 is 23.4 Å². The molecule has 1 rings (SSSR count). The summed E-state index contributed by atoms with van der Waals surface area (Å²) >= 11 is 7.36. The van der Waals surface area contributed by atoms with Crippen molar-refractivity contribution in [1.29, 1.82) is 0 Å². The van der Waals surface area contributed by atoms with Gasteiger partial charge in [0.1, 0.15) is 5.78 Å². The van der Waals surface area contributed by atoms with Crippen LogP contribution in [0, 0.1) is 0 Å². The third-order valence-electron chi connectivity index (χ3n) is 3.02. The number of rotatable bonds is 6. The van der Waals surface area contributed by atoms with Crippen molar-refractivity contribution in [3.8, 4) is 0 Å². The summed E-state index contributed by atoms with van der Waals surface area (Å²) in [5.41, 5.74) is 0.965. The van der Waals surface area contributed by atoms with Crippen LogP contribution in [0.25, 0.3) is 0 Å². The molecule has 2 nitrogen and oxygen atoms in total. The van der Waals surface area contributed by atoms with Gasteiger partial charge in [0.2, 0.25) is 0 Å². The molecule has 0 fully saturated rings. The van der Waals surface area contributed by atoms with Crippen LogP contribution in [0.3, 0.4) is 0 Å². The van der Waals surface area contributed by atoms with Crippen LogP contribution in [0.4, 0.5) is 0 Å². The normalized spacial score (nSPS) is 13.0. The van der Waals surface area contributed by atoms with Crippen LogP contribution in [-0.2, 0) is 9.59 Å². The molecule has 0 amide bonds. The van der Waals surface area contributed by atoms with Gasteiger partial charge in [-0.3, -0.25) is 9.59 Å². The first-order valence-electron chi connectivity index (χ1n) is 7.20. The minimum atomic E-state index is -0.106. The molecule has 0 bridgehead atoms. The molecule has 1 atom stereocenters. The fourth-order valence-corrected chi connectivity index (χ4v) is 3.24. The molecule has 0 saturated heterocycles. The summed E-state index contributed by atoms with van der Waals surface area (Å²) in [4.78, 5) is 24.0. The van der Waals surface area contributed by atoms with Crippen molar-refractivity contribution in [3.63, 3.8) is 0 Å². The van der Waals surface area contributed by atoms with Gasteiger partial charge >= 0.3 is 0 Å². The molecule has 0 heterocycles. The van der Waals surface area contributed by atoms with Gasteiger partial charge in [0.25, 0.3) is 0 Å². The highest BCUT2D eigenvalue weighted by molar-refractivity contribution is 8.14. The Bertz CT molecular complexity index is 506. The van der Waals surface area contributed by atoms with Crippen LogP contribution in [0.2, 0.25) is 5.02 Å². The number of hydrogen-bond acceptors (Lipinski definition) is 3. The van der Waals surface area contributed by atoms with E-state index in [1.165, 1.54) is 11.8 Å². The van der Waals surface area contributed by atoms with Crippen molar-refractivity contribution in [3.05, 3.63) is 34.9 Å².